The normalized spacial score (nSPS) is 10.8. The van der Waals surface area contributed by atoms with Crippen LogP contribution in [0.15, 0.2) is 54.9 Å². The number of halogens is 1. The SMILES string of the molecule is Fc1ccc2ncc(-c3ccccc3)n2c1. The van der Waals surface area contributed by atoms with Crippen LogP contribution in [-0.4, -0.2) is 9.38 Å². The first-order chi connectivity index (χ1) is 7.84. The van der Waals surface area contributed by atoms with Gasteiger partial charge in [-0.05, 0) is 12.1 Å². The Morgan fingerprint density at radius 2 is 1.81 bits per heavy atom. The Labute approximate surface area is 92.0 Å². The van der Waals surface area contributed by atoms with Gasteiger partial charge in [-0.2, -0.15) is 0 Å². The zero-order valence-corrected chi connectivity index (χ0v) is 8.47. The van der Waals surface area contributed by atoms with Gasteiger partial charge in [-0.1, -0.05) is 30.3 Å². The lowest BCUT2D eigenvalue weighted by Gasteiger charge is -2.01. The standard InChI is InChI=1S/C13H9FN2/c14-11-6-7-13-15-8-12(16(13)9-11)10-4-2-1-3-5-10/h1-9H. The van der Waals surface area contributed by atoms with Crippen molar-refractivity contribution in [1.82, 2.24) is 9.38 Å². The molecule has 0 aliphatic carbocycles. The number of nitrogens with zero attached hydrogens (tertiary/aromatic N) is 2. The molecule has 1 aromatic carbocycles. The van der Waals surface area contributed by atoms with Crippen LogP contribution >= 0.6 is 0 Å². The Morgan fingerprint density at radius 3 is 2.62 bits per heavy atom. The van der Waals surface area contributed by atoms with Crippen molar-refractivity contribution < 1.29 is 4.39 Å². The topological polar surface area (TPSA) is 17.3 Å². The van der Waals surface area contributed by atoms with Gasteiger partial charge in [0.15, 0.2) is 0 Å². The molecular weight excluding hydrogens is 203 g/mol. The summed E-state index contributed by atoms with van der Waals surface area (Å²) in [4.78, 5) is 4.23. The first-order valence-electron chi connectivity index (χ1n) is 5.02. The van der Waals surface area contributed by atoms with E-state index in [-0.39, 0.29) is 5.82 Å². The minimum atomic E-state index is -0.261. The third-order valence-corrected chi connectivity index (χ3v) is 2.54. The van der Waals surface area contributed by atoms with E-state index in [1.165, 1.54) is 12.3 Å². The zero-order valence-electron chi connectivity index (χ0n) is 8.47. The third-order valence-electron chi connectivity index (χ3n) is 2.54. The first-order valence-corrected chi connectivity index (χ1v) is 5.02. The Morgan fingerprint density at radius 1 is 1.00 bits per heavy atom. The van der Waals surface area contributed by atoms with Gasteiger partial charge < -0.3 is 0 Å². The number of rotatable bonds is 1. The van der Waals surface area contributed by atoms with Gasteiger partial charge in [0.2, 0.25) is 0 Å². The molecule has 0 aliphatic rings. The van der Waals surface area contributed by atoms with Crippen molar-refractivity contribution in [3.05, 3.63) is 60.7 Å². The molecule has 0 bridgehead atoms. The molecule has 2 aromatic heterocycles. The van der Waals surface area contributed by atoms with Crippen LogP contribution in [0, 0.1) is 5.82 Å². The summed E-state index contributed by atoms with van der Waals surface area (Å²) < 4.78 is 14.9. The molecule has 0 spiro atoms. The number of hydrogen-bond donors (Lipinski definition) is 0. The maximum Gasteiger partial charge on any atom is 0.139 e. The molecule has 0 N–H and O–H groups in total. The second-order valence-corrected chi connectivity index (χ2v) is 3.58. The van der Waals surface area contributed by atoms with E-state index in [1.807, 2.05) is 30.3 Å². The fourth-order valence-electron chi connectivity index (χ4n) is 1.78. The van der Waals surface area contributed by atoms with E-state index >= 15 is 0 Å². The van der Waals surface area contributed by atoms with Gasteiger partial charge in [0.25, 0.3) is 0 Å². The van der Waals surface area contributed by atoms with Crippen LogP contribution in [0.5, 0.6) is 0 Å². The van der Waals surface area contributed by atoms with Gasteiger partial charge in [-0.25, -0.2) is 9.37 Å². The molecule has 0 aliphatic heterocycles. The van der Waals surface area contributed by atoms with Crippen LogP contribution in [0.2, 0.25) is 0 Å². The zero-order chi connectivity index (χ0) is 11.0. The van der Waals surface area contributed by atoms with Crippen molar-refractivity contribution in [3.63, 3.8) is 0 Å². The predicted molar refractivity (Wildman–Crippen MR) is 60.6 cm³/mol. The van der Waals surface area contributed by atoms with Gasteiger partial charge in [0, 0.05) is 11.8 Å². The fraction of sp³-hybridized carbons (Fsp3) is 0. The molecule has 0 saturated carbocycles. The first kappa shape index (κ1) is 9.09. The molecule has 0 fully saturated rings. The summed E-state index contributed by atoms with van der Waals surface area (Å²) in [5.74, 6) is -0.261. The fourth-order valence-corrected chi connectivity index (χ4v) is 1.78. The second-order valence-electron chi connectivity index (χ2n) is 3.58. The van der Waals surface area contributed by atoms with Crippen molar-refractivity contribution in [2.75, 3.05) is 0 Å². The molecule has 0 radical (unpaired) electrons. The van der Waals surface area contributed by atoms with E-state index in [1.54, 1.807) is 16.7 Å². The van der Waals surface area contributed by atoms with Crippen LogP contribution in [-0.2, 0) is 0 Å². The number of aromatic nitrogens is 2. The van der Waals surface area contributed by atoms with Crippen LogP contribution in [0.3, 0.4) is 0 Å². The lowest BCUT2D eigenvalue weighted by molar-refractivity contribution is 0.619. The molecule has 3 aromatic rings. The molecule has 16 heavy (non-hydrogen) atoms. The average molecular weight is 212 g/mol. The summed E-state index contributed by atoms with van der Waals surface area (Å²) in [5, 5.41) is 0. The molecule has 3 rings (SSSR count). The van der Waals surface area contributed by atoms with Crippen molar-refractivity contribution in [1.29, 1.82) is 0 Å². The lowest BCUT2D eigenvalue weighted by Crippen LogP contribution is -1.89. The van der Waals surface area contributed by atoms with Gasteiger partial charge in [0.05, 0.1) is 11.9 Å². The van der Waals surface area contributed by atoms with Crippen molar-refractivity contribution in [2.45, 2.75) is 0 Å². The molecule has 2 nitrogen and oxygen atoms in total. The predicted octanol–water partition coefficient (Wildman–Crippen LogP) is 3.14. The smallest absolute Gasteiger partial charge is 0.139 e. The van der Waals surface area contributed by atoms with E-state index in [2.05, 4.69) is 4.98 Å². The quantitative estimate of drug-likeness (QED) is 0.605. The summed E-state index contributed by atoms with van der Waals surface area (Å²) in [6, 6.07) is 12.9. The van der Waals surface area contributed by atoms with E-state index in [0.29, 0.717) is 0 Å². The summed E-state index contributed by atoms with van der Waals surface area (Å²) in [6.45, 7) is 0. The average Bonchev–Trinajstić information content (AvgIpc) is 2.73. The number of pyridine rings is 1. The molecular formula is C13H9FN2. The molecule has 78 valence electrons. The Kier molecular flexibility index (Phi) is 1.96. The number of hydrogen-bond acceptors (Lipinski definition) is 1. The summed E-state index contributed by atoms with van der Waals surface area (Å²) in [6.07, 6.45) is 3.20. The monoisotopic (exact) mass is 212 g/mol. The molecule has 0 atom stereocenters. The molecule has 0 unspecified atom stereocenters. The minimum Gasteiger partial charge on any atom is -0.297 e. The molecule has 0 amide bonds. The van der Waals surface area contributed by atoms with Crippen LogP contribution in [0.25, 0.3) is 16.9 Å². The van der Waals surface area contributed by atoms with Gasteiger partial charge >= 0.3 is 0 Å². The largest absolute Gasteiger partial charge is 0.297 e. The summed E-state index contributed by atoms with van der Waals surface area (Å²) in [5.41, 5.74) is 2.68. The number of benzene rings is 1. The minimum absolute atomic E-state index is 0.261. The highest BCUT2D eigenvalue weighted by molar-refractivity contribution is 5.63. The van der Waals surface area contributed by atoms with Crippen LogP contribution in [0.1, 0.15) is 0 Å². The second kappa shape index (κ2) is 3.45. The van der Waals surface area contributed by atoms with Gasteiger partial charge in [-0.15, -0.1) is 0 Å². The number of fused-ring (bicyclic) bond motifs is 1. The highest BCUT2D eigenvalue weighted by Crippen LogP contribution is 2.20. The molecule has 0 saturated heterocycles. The van der Waals surface area contributed by atoms with Crippen molar-refractivity contribution in [3.8, 4) is 11.3 Å². The van der Waals surface area contributed by atoms with E-state index in [4.69, 9.17) is 0 Å². The summed E-state index contributed by atoms with van der Waals surface area (Å²) in [7, 11) is 0. The van der Waals surface area contributed by atoms with E-state index < -0.39 is 0 Å². The summed E-state index contributed by atoms with van der Waals surface area (Å²) >= 11 is 0. The maximum absolute atomic E-state index is 13.2. The highest BCUT2D eigenvalue weighted by Gasteiger charge is 2.05. The highest BCUT2D eigenvalue weighted by atomic mass is 19.1. The van der Waals surface area contributed by atoms with Crippen molar-refractivity contribution >= 4 is 5.65 Å². The van der Waals surface area contributed by atoms with Crippen molar-refractivity contribution in [2.24, 2.45) is 0 Å². The Bertz CT molecular complexity index is 629. The van der Waals surface area contributed by atoms with Crippen LogP contribution < -0.4 is 0 Å². The maximum atomic E-state index is 13.2. The van der Waals surface area contributed by atoms with Gasteiger partial charge in [0.1, 0.15) is 11.5 Å². The van der Waals surface area contributed by atoms with E-state index in [9.17, 15) is 4.39 Å². The van der Waals surface area contributed by atoms with Gasteiger partial charge in [-0.3, -0.25) is 4.40 Å². The van der Waals surface area contributed by atoms with Crippen LogP contribution in [0.4, 0.5) is 4.39 Å². The van der Waals surface area contributed by atoms with E-state index in [0.717, 1.165) is 16.9 Å². The Hall–Kier alpha value is -2.16. The Balaban J connectivity index is 2.29. The number of imidazole rings is 1. The molecule has 3 heteroatoms. The lowest BCUT2D eigenvalue weighted by atomic mass is 10.2. The third kappa shape index (κ3) is 1.37. The molecule has 2 heterocycles.